The number of esters is 2. The Morgan fingerprint density at radius 3 is 1.20 bits per heavy atom. The Labute approximate surface area is 159 Å². The number of carbonyl (C=O) groups is 2. The summed E-state index contributed by atoms with van der Waals surface area (Å²) in [7, 11) is 0. The smallest absolute Gasteiger partial charge is 0.448 e. The van der Waals surface area contributed by atoms with E-state index in [1.54, 1.807) is 0 Å². The number of alkyl halides is 12. The van der Waals surface area contributed by atoms with Crippen LogP contribution in [0.2, 0.25) is 0 Å². The van der Waals surface area contributed by atoms with Gasteiger partial charge in [0.05, 0.1) is 11.8 Å². The molecule has 16 heteroatoms. The molecule has 0 bridgehead atoms. The van der Waals surface area contributed by atoms with E-state index in [-0.39, 0.29) is 0 Å². The average molecular weight is 472 g/mol. The third-order valence-electron chi connectivity index (χ3n) is 4.25. The summed E-state index contributed by atoms with van der Waals surface area (Å²) < 4.78 is 158. The van der Waals surface area contributed by atoms with Gasteiger partial charge in [-0.15, -0.1) is 0 Å². The molecule has 4 nitrogen and oxygen atoms in total. The summed E-state index contributed by atoms with van der Waals surface area (Å²) in [5, 5.41) is 0. The summed E-state index contributed by atoms with van der Waals surface area (Å²) in [6.45, 7) is -3.48. The molecule has 0 atom stereocenters. The highest BCUT2D eigenvalue weighted by atomic mass is 19.4. The molecule has 1 saturated carbocycles. The topological polar surface area (TPSA) is 52.6 Å². The summed E-state index contributed by atoms with van der Waals surface area (Å²) in [4.78, 5) is 23.0. The average Bonchev–Trinajstić information content (AvgIpc) is 2.56. The van der Waals surface area contributed by atoms with Crippen molar-refractivity contribution in [1.29, 1.82) is 0 Å². The van der Waals surface area contributed by atoms with Crippen molar-refractivity contribution in [3.63, 3.8) is 0 Å². The molecule has 0 radical (unpaired) electrons. The number of carbonyl (C=O) groups excluding carboxylic acids is 2. The molecule has 1 aliphatic rings. The van der Waals surface area contributed by atoms with Crippen molar-refractivity contribution in [1.82, 2.24) is 0 Å². The lowest BCUT2D eigenvalue weighted by Gasteiger charge is -2.35. The van der Waals surface area contributed by atoms with E-state index in [1.165, 1.54) is 0 Å². The van der Waals surface area contributed by atoms with Crippen LogP contribution in [0.4, 0.5) is 52.7 Å². The van der Waals surface area contributed by atoms with Crippen LogP contribution in [0.25, 0.3) is 0 Å². The molecule has 0 heterocycles. The highest BCUT2D eigenvalue weighted by molar-refractivity contribution is 5.75. The molecule has 1 aliphatic carbocycles. The number of hydrogen-bond acceptors (Lipinski definition) is 4. The van der Waals surface area contributed by atoms with E-state index in [0.717, 1.165) is 0 Å². The van der Waals surface area contributed by atoms with Crippen LogP contribution in [0, 0.1) is 11.8 Å². The zero-order chi connectivity index (χ0) is 23.7. The lowest BCUT2D eigenvalue weighted by molar-refractivity contribution is -0.385. The van der Waals surface area contributed by atoms with Crippen LogP contribution in [-0.2, 0) is 19.1 Å². The van der Waals surface area contributed by atoms with Crippen LogP contribution in [0.5, 0.6) is 0 Å². The molecule has 176 valence electrons. The fourth-order valence-electron chi connectivity index (χ4n) is 2.63. The minimum absolute atomic E-state index is 0.457. The van der Waals surface area contributed by atoms with Crippen molar-refractivity contribution in [2.24, 2.45) is 11.8 Å². The number of halogens is 12. The molecule has 0 N–H and O–H groups in total. The monoisotopic (exact) mass is 472 g/mol. The number of ether oxygens (including phenoxy) is 2. The predicted octanol–water partition coefficient (Wildman–Crippen LogP) is 4.87. The molecular weight excluding hydrogens is 460 g/mol. The molecule has 1 rings (SSSR count). The van der Waals surface area contributed by atoms with Gasteiger partial charge < -0.3 is 9.47 Å². The van der Waals surface area contributed by atoms with Crippen molar-refractivity contribution in [3.05, 3.63) is 0 Å². The molecule has 0 saturated heterocycles. The van der Waals surface area contributed by atoms with Crippen molar-refractivity contribution in [3.8, 4) is 0 Å². The van der Waals surface area contributed by atoms with Crippen LogP contribution in [-0.4, -0.2) is 48.9 Å². The predicted molar refractivity (Wildman–Crippen MR) is 69.4 cm³/mol. The maximum absolute atomic E-state index is 13.3. The Kier molecular flexibility index (Phi) is 7.57. The fraction of sp³-hybridized carbons (Fsp3) is 0.857. The third-order valence-corrected chi connectivity index (χ3v) is 4.25. The van der Waals surface area contributed by atoms with E-state index < -0.39 is 86.4 Å². The first kappa shape index (κ1) is 26.1. The van der Waals surface area contributed by atoms with E-state index in [2.05, 4.69) is 9.47 Å². The maximum atomic E-state index is 13.3. The Bertz CT molecular complexity index is 593. The first-order valence-corrected chi connectivity index (χ1v) is 7.90. The second-order valence-corrected chi connectivity index (χ2v) is 6.30. The second-order valence-electron chi connectivity index (χ2n) is 6.30. The standard InChI is InChI=1S/C14H12F12O4/c15-10(16)30-8(28)6-3-1-5(2-4-6)7(27)29-9(11(17,18)13(21,22)23)12(19,20)14(24,25)26/h5-6,9-10H,1-4H2. The third kappa shape index (κ3) is 5.62. The van der Waals surface area contributed by atoms with E-state index in [0.29, 0.717) is 0 Å². The minimum Gasteiger partial charge on any atom is -0.448 e. The summed E-state index contributed by atoms with van der Waals surface area (Å²) in [6, 6.07) is 0. The Morgan fingerprint density at radius 2 is 0.933 bits per heavy atom. The first-order valence-electron chi connectivity index (χ1n) is 7.90. The van der Waals surface area contributed by atoms with E-state index in [1.807, 2.05) is 0 Å². The molecule has 0 aliphatic heterocycles. The summed E-state index contributed by atoms with van der Waals surface area (Å²) in [5.41, 5.74) is 0. The second kappa shape index (κ2) is 8.69. The van der Waals surface area contributed by atoms with Crippen LogP contribution in [0.1, 0.15) is 25.7 Å². The minimum atomic E-state index is -6.91. The number of rotatable bonds is 6. The van der Waals surface area contributed by atoms with Crippen molar-refractivity contribution >= 4 is 11.9 Å². The molecule has 30 heavy (non-hydrogen) atoms. The van der Waals surface area contributed by atoms with Gasteiger partial charge in [0, 0.05) is 0 Å². The molecule has 0 aromatic carbocycles. The Hall–Kier alpha value is -1.90. The van der Waals surface area contributed by atoms with Gasteiger partial charge in [0.2, 0.25) is 6.10 Å². The van der Waals surface area contributed by atoms with Gasteiger partial charge in [0.15, 0.2) is 0 Å². The molecule has 0 aromatic heterocycles. The zero-order valence-corrected chi connectivity index (χ0v) is 14.3. The lowest BCUT2D eigenvalue weighted by Crippen LogP contribution is -2.62. The van der Waals surface area contributed by atoms with Gasteiger partial charge in [-0.2, -0.15) is 52.7 Å². The normalized spacial score (nSPS) is 21.7. The van der Waals surface area contributed by atoms with Crippen LogP contribution in [0.3, 0.4) is 0 Å². The van der Waals surface area contributed by atoms with Gasteiger partial charge in [-0.05, 0) is 25.7 Å². The van der Waals surface area contributed by atoms with E-state index in [9.17, 15) is 62.3 Å². The van der Waals surface area contributed by atoms with Gasteiger partial charge in [-0.25, -0.2) is 0 Å². The van der Waals surface area contributed by atoms with Gasteiger partial charge >= 0.3 is 42.7 Å². The summed E-state index contributed by atoms with van der Waals surface area (Å²) in [5.74, 6) is -20.1. The van der Waals surface area contributed by atoms with Crippen molar-refractivity contribution in [2.45, 2.75) is 62.6 Å². The molecule has 0 spiro atoms. The molecule has 0 aromatic rings. The molecule has 0 unspecified atom stereocenters. The Morgan fingerprint density at radius 1 is 0.633 bits per heavy atom. The van der Waals surface area contributed by atoms with Crippen LogP contribution in [0.15, 0.2) is 0 Å². The van der Waals surface area contributed by atoms with E-state index in [4.69, 9.17) is 0 Å². The quantitative estimate of drug-likeness (QED) is 0.409. The summed E-state index contributed by atoms with van der Waals surface area (Å²) >= 11 is 0. The molecule has 1 fully saturated rings. The van der Waals surface area contributed by atoms with Crippen molar-refractivity contribution < 1.29 is 71.7 Å². The fourth-order valence-corrected chi connectivity index (χ4v) is 2.63. The van der Waals surface area contributed by atoms with Crippen LogP contribution < -0.4 is 0 Å². The molecule has 0 amide bonds. The summed E-state index contributed by atoms with van der Waals surface area (Å²) in [6.07, 6.45) is -21.2. The molecular formula is C14H12F12O4. The Balaban J connectivity index is 2.99. The van der Waals surface area contributed by atoms with Crippen molar-refractivity contribution in [2.75, 3.05) is 0 Å². The van der Waals surface area contributed by atoms with Crippen LogP contribution >= 0.6 is 0 Å². The lowest BCUT2D eigenvalue weighted by atomic mass is 9.82. The van der Waals surface area contributed by atoms with Gasteiger partial charge in [0.1, 0.15) is 0 Å². The SMILES string of the molecule is O=C(OC(F)F)C1CCC(C(=O)OC(C(F)(F)C(F)(F)F)C(F)(F)C(F)(F)F)CC1. The zero-order valence-electron chi connectivity index (χ0n) is 14.3. The highest BCUT2D eigenvalue weighted by Gasteiger charge is 2.78. The van der Waals surface area contributed by atoms with E-state index >= 15 is 0 Å². The maximum Gasteiger partial charge on any atom is 0.457 e. The van der Waals surface area contributed by atoms with Gasteiger partial charge in [-0.3, -0.25) is 9.59 Å². The highest BCUT2D eigenvalue weighted by Crippen LogP contribution is 2.50. The van der Waals surface area contributed by atoms with Gasteiger partial charge in [0.25, 0.3) is 0 Å². The van der Waals surface area contributed by atoms with Gasteiger partial charge in [-0.1, -0.05) is 0 Å². The largest absolute Gasteiger partial charge is 0.457 e. The first-order chi connectivity index (χ1) is 13.3. The number of hydrogen-bond donors (Lipinski definition) is 0.